The first kappa shape index (κ1) is 18.1. The van der Waals surface area contributed by atoms with Crippen LogP contribution in [0.15, 0.2) is 36.9 Å². The average Bonchev–Trinajstić information content (AvgIpc) is 3.43. The zero-order chi connectivity index (χ0) is 19.2. The SMILES string of the molecule is O=C(COc1cccc(-n2cnnn2)c1)NCc1nncn1C1CCCCC1. The van der Waals surface area contributed by atoms with Crippen LogP contribution < -0.4 is 10.1 Å². The lowest BCUT2D eigenvalue weighted by Gasteiger charge is -2.24. The first-order chi connectivity index (χ1) is 13.8. The first-order valence-corrected chi connectivity index (χ1v) is 9.41. The molecule has 1 aromatic carbocycles. The molecule has 1 aliphatic rings. The third-order valence-electron chi connectivity index (χ3n) is 4.86. The van der Waals surface area contributed by atoms with Crippen LogP contribution in [0, 0.1) is 0 Å². The molecule has 0 atom stereocenters. The van der Waals surface area contributed by atoms with Crippen molar-refractivity contribution in [2.24, 2.45) is 0 Å². The zero-order valence-corrected chi connectivity index (χ0v) is 15.4. The van der Waals surface area contributed by atoms with Gasteiger partial charge in [0.2, 0.25) is 0 Å². The molecule has 1 saturated carbocycles. The molecule has 0 bridgehead atoms. The van der Waals surface area contributed by atoms with Crippen molar-refractivity contribution in [1.29, 1.82) is 0 Å². The van der Waals surface area contributed by atoms with Crippen LogP contribution >= 0.6 is 0 Å². The normalized spacial score (nSPS) is 14.7. The van der Waals surface area contributed by atoms with E-state index in [-0.39, 0.29) is 12.5 Å². The zero-order valence-electron chi connectivity index (χ0n) is 15.4. The molecule has 0 radical (unpaired) electrons. The van der Waals surface area contributed by atoms with Gasteiger partial charge in [0.1, 0.15) is 18.4 Å². The van der Waals surface area contributed by atoms with E-state index in [2.05, 4.69) is 35.6 Å². The molecule has 10 nitrogen and oxygen atoms in total. The summed E-state index contributed by atoms with van der Waals surface area (Å²) in [5.41, 5.74) is 0.753. The highest BCUT2D eigenvalue weighted by atomic mass is 16.5. The molecule has 28 heavy (non-hydrogen) atoms. The van der Waals surface area contributed by atoms with Crippen molar-refractivity contribution in [3.05, 3.63) is 42.7 Å². The lowest BCUT2D eigenvalue weighted by Crippen LogP contribution is -2.30. The van der Waals surface area contributed by atoms with E-state index in [9.17, 15) is 4.79 Å². The summed E-state index contributed by atoms with van der Waals surface area (Å²) < 4.78 is 9.20. The van der Waals surface area contributed by atoms with Crippen LogP contribution in [-0.4, -0.2) is 47.5 Å². The minimum atomic E-state index is -0.217. The molecule has 1 aliphatic carbocycles. The Morgan fingerprint density at radius 1 is 1.18 bits per heavy atom. The topological polar surface area (TPSA) is 113 Å². The number of tetrazole rings is 1. The molecule has 1 N–H and O–H groups in total. The number of amides is 1. The lowest BCUT2D eigenvalue weighted by atomic mass is 9.95. The number of ether oxygens (including phenoxy) is 1. The molecule has 10 heteroatoms. The van der Waals surface area contributed by atoms with E-state index < -0.39 is 0 Å². The third-order valence-corrected chi connectivity index (χ3v) is 4.86. The van der Waals surface area contributed by atoms with E-state index in [1.54, 1.807) is 18.5 Å². The molecular weight excluding hydrogens is 360 g/mol. The van der Waals surface area contributed by atoms with E-state index in [1.165, 1.54) is 30.3 Å². The second kappa shape index (κ2) is 8.59. The highest BCUT2D eigenvalue weighted by Gasteiger charge is 2.18. The Morgan fingerprint density at radius 2 is 2.07 bits per heavy atom. The van der Waals surface area contributed by atoms with Crippen LogP contribution in [0.2, 0.25) is 0 Å². The Kier molecular flexibility index (Phi) is 5.55. The Labute approximate surface area is 161 Å². The van der Waals surface area contributed by atoms with Crippen LogP contribution in [0.4, 0.5) is 0 Å². The number of carbonyl (C=O) groups is 1. The number of benzene rings is 1. The molecule has 0 saturated heterocycles. The van der Waals surface area contributed by atoms with Gasteiger partial charge in [0.25, 0.3) is 5.91 Å². The summed E-state index contributed by atoms with van der Waals surface area (Å²) in [6.45, 7) is 0.250. The predicted molar refractivity (Wildman–Crippen MR) is 98.6 cm³/mol. The van der Waals surface area contributed by atoms with Crippen LogP contribution in [-0.2, 0) is 11.3 Å². The van der Waals surface area contributed by atoms with Crippen molar-refractivity contribution < 1.29 is 9.53 Å². The van der Waals surface area contributed by atoms with Gasteiger partial charge >= 0.3 is 0 Å². The van der Waals surface area contributed by atoms with Gasteiger partial charge < -0.3 is 14.6 Å². The molecule has 1 amide bonds. The minimum absolute atomic E-state index is 0.0867. The Hall–Kier alpha value is -3.30. The number of nitrogens with zero attached hydrogens (tertiary/aromatic N) is 7. The van der Waals surface area contributed by atoms with Crippen molar-refractivity contribution in [2.75, 3.05) is 6.61 Å². The number of carbonyl (C=O) groups excluding carboxylic acids is 1. The summed E-state index contributed by atoms with van der Waals surface area (Å²) >= 11 is 0. The van der Waals surface area contributed by atoms with Gasteiger partial charge in [-0.1, -0.05) is 25.3 Å². The van der Waals surface area contributed by atoms with E-state index in [4.69, 9.17) is 4.74 Å². The van der Waals surface area contributed by atoms with Gasteiger partial charge in [0.05, 0.1) is 12.2 Å². The second-order valence-electron chi connectivity index (χ2n) is 6.76. The van der Waals surface area contributed by atoms with Gasteiger partial charge in [-0.2, -0.15) is 0 Å². The van der Waals surface area contributed by atoms with E-state index in [0.29, 0.717) is 18.3 Å². The summed E-state index contributed by atoms with van der Waals surface area (Å²) in [5, 5.41) is 22.1. The van der Waals surface area contributed by atoms with E-state index in [1.807, 2.05) is 12.1 Å². The highest BCUT2D eigenvalue weighted by Crippen LogP contribution is 2.28. The lowest BCUT2D eigenvalue weighted by molar-refractivity contribution is -0.123. The Bertz CT molecular complexity index is 902. The van der Waals surface area contributed by atoms with Crippen molar-refractivity contribution in [2.45, 2.75) is 44.7 Å². The molecule has 2 aromatic heterocycles. The maximum absolute atomic E-state index is 12.2. The van der Waals surface area contributed by atoms with Crippen molar-refractivity contribution in [3.8, 4) is 11.4 Å². The number of aromatic nitrogens is 7. The minimum Gasteiger partial charge on any atom is -0.484 e. The third kappa shape index (κ3) is 4.33. The molecule has 2 heterocycles. The van der Waals surface area contributed by atoms with Gasteiger partial charge in [0, 0.05) is 12.1 Å². The fourth-order valence-electron chi connectivity index (χ4n) is 3.43. The fraction of sp³-hybridized carbons (Fsp3) is 0.444. The number of hydrogen-bond donors (Lipinski definition) is 1. The summed E-state index contributed by atoms with van der Waals surface area (Å²) in [7, 11) is 0. The predicted octanol–water partition coefficient (Wildman–Crippen LogP) is 1.45. The van der Waals surface area contributed by atoms with Gasteiger partial charge in [-0.25, -0.2) is 4.68 Å². The summed E-state index contributed by atoms with van der Waals surface area (Å²) in [6.07, 6.45) is 9.28. The van der Waals surface area contributed by atoms with Gasteiger partial charge in [-0.05, 0) is 35.4 Å². The van der Waals surface area contributed by atoms with Crippen LogP contribution in [0.3, 0.4) is 0 Å². The molecule has 146 valence electrons. The monoisotopic (exact) mass is 382 g/mol. The van der Waals surface area contributed by atoms with Crippen LogP contribution in [0.1, 0.15) is 44.0 Å². The van der Waals surface area contributed by atoms with Crippen molar-refractivity contribution in [1.82, 2.24) is 40.3 Å². The molecule has 1 fully saturated rings. The standard InChI is InChI=1S/C18H22N8O2/c27-18(11-28-16-8-4-7-15(9-16)26-13-21-23-24-26)19-10-17-22-20-12-25(17)14-5-2-1-3-6-14/h4,7-9,12-14H,1-3,5-6,10-11H2,(H,19,27). The Morgan fingerprint density at radius 3 is 2.89 bits per heavy atom. The first-order valence-electron chi connectivity index (χ1n) is 9.41. The molecule has 0 spiro atoms. The molecule has 0 aliphatic heterocycles. The van der Waals surface area contributed by atoms with Gasteiger partial charge in [-0.15, -0.1) is 15.3 Å². The maximum atomic E-state index is 12.2. The summed E-state index contributed by atoms with van der Waals surface area (Å²) in [4.78, 5) is 12.2. The van der Waals surface area contributed by atoms with E-state index >= 15 is 0 Å². The number of rotatable bonds is 7. The van der Waals surface area contributed by atoms with Gasteiger partial charge in [-0.3, -0.25) is 4.79 Å². The maximum Gasteiger partial charge on any atom is 0.258 e. The smallest absolute Gasteiger partial charge is 0.258 e. The number of hydrogen-bond acceptors (Lipinski definition) is 7. The summed E-state index contributed by atoms with van der Waals surface area (Å²) in [6, 6.07) is 7.64. The Balaban J connectivity index is 1.29. The van der Waals surface area contributed by atoms with Crippen molar-refractivity contribution in [3.63, 3.8) is 0 Å². The second-order valence-corrected chi connectivity index (χ2v) is 6.76. The van der Waals surface area contributed by atoms with Crippen molar-refractivity contribution >= 4 is 5.91 Å². The molecule has 4 rings (SSSR count). The average molecular weight is 382 g/mol. The largest absolute Gasteiger partial charge is 0.484 e. The fourth-order valence-corrected chi connectivity index (χ4v) is 3.43. The van der Waals surface area contributed by atoms with Gasteiger partial charge in [0.15, 0.2) is 12.4 Å². The molecule has 3 aromatic rings. The van der Waals surface area contributed by atoms with Crippen LogP contribution in [0.5, 0.6) is 5.75 Å². The summed E-state index contributed by atoms with van der Waals surface area (Å²) in [5.74, 6) is 1.13. The molecule has 0 unspecified atom stereocenters. The van der Waals surface area contributed by atoms with E-state index in [0.717, 1.165) is 24.4 Å². The number of nitrogens with one attached hydrogen (secondary N) is 1. The van der Waals surface area contributed by atoms with Crippen LogP contribution in [0.25, 0.3) is 5.69 Å². The highest BCUT2D eigenvalue weighted by molar-refractivity contribution is 5.77. The molecular formula is C18H22N8O2. The quantitative estimate of drug-likeness (QED) is 0.658.